The molecule has 0 heterocycles. The summed E-state index contributed by atoms with van der Waals surface area (Å²) in [6.45, 7) is 2.59. The van der Waals surface area contributed by atoms with Crippen LogP contribution in [-0.2, 0) is 4.74 Å². The first-order valence-electron chi connectivity index (χ1n) is 4.28. The van der Waals surface area contributed by atoms with Gasteiger partial charge in [-0.3, -0.25) is 0 Å². The lowest BCUT2D eigenvalue weighted by Crippen LogP contribution is -2.37. The number of ether oxygens (including phenoxy) is 1. The maximum absolute atomic E-state index is 12.0. The van der Waals surface area contributed by atoms with Crippen molar-refractivity contribution in [2.24, 2.45) is 0 Å². The quantitative estimate of drug-likeness (QED) is 0.706. The highest BCUT2D eigenvalue weighted by Gasteiger charge is 2.31. The number of halogens is 3. The van der Waals surface area contributed by atoms with Gasteiger partial charge in [0.2, 0.25) is 0 Å². The molecule has 0 bridgehead atoms. The maximum Gasteiger partial charge on any atom is 0.390 e. The van der Waals surface area contributed by atoms with Crippen LogP contribution in [0.25, 0.3) is 0 Å². The molecule has 0 fully saturated rings. The Labute approximate surface area is 76.5 Å². The van der Waals surface area contributed by atoms with Crippen LogP contribution >= 0.6 is 0 Å². The highest BCUT2D eigenvalue weighted by Crippen LogP contribution is 2.21. The average Bonchev–Trinajstić information content (AvgIpc) is 1.98. The summed E-state index contributed by atoms with van der Waals surface area (Å²) in [6.07, 6.45) is -4.14. The summed E-state index contributed by atoms with van der Waals surface area (Å²) in [5.74, 6) is 0. The van der Waals surface area contributed by atoms with Gasteiger partial charge in [0.05, 0.1) is 13.0 Å². The van der Waals surface area contributed by atoms with Crippen LogP contribution in [0.1, 0.15) is 19.8 Å². The van der Waals surface area contributed by atoms with Gasteiger partial charge in [-0.15, -0.1) is 0 Å². The zero-order valence-corrected chi connectivity index (χ0v) is 7.95. The van der Waals surface area contributed by atoms with Crippen LogP contribution in [0.5, 0.6) is 0 Å². The van der Waals surface area contributed by atoms with Crippen LogP contribution < -0.4 is 5.32 Å². The fourth-order valence-corrected chi connectivity index (χ4v) is 1.02. The number of hydrogen-bond acceptors (Lipinski definition) is 2. The van der Waals surface area contributed by atoms with E-state index in [0.29, 0.717) is 6.54 Å². The van der Waals surface area contributed by atoms with E-state index in [-0.39, 0.29) is 6.61 Å². The van der Waals surface area contributed by atoms with Gasteiger partial charge in [0.15, 0.2) is 0 Å². The highest BCUT2D eigenvalue weighted by molar-refractivity contribution is 4.69. The molecule has 0 aromatic rings. The predicted molar refractivity (Wildman–Crippen MR) is 44.6 cm³/mol. The summed E-state index contributed by atoms with van der Waals surface area (Å²) < 4.78 is 40.6. The zero-order chi connectivity index (χ0) is 10.3. The van der Waals surface area contributed by atoms with Gasteiger partial charge in [-0.2, -0.15) is 13.2 Å². The Morgan fingerprint density at radius 2 is 2.00 bits per heavy atom. The average molecular weight is 199 g/mol. The van der Waals surface area contributed by atoms with Crippen LogP contribution in [0.2, 0.25) is 0 Å². The second kappa shape index (κ2) is 6.21. The van der Waals surface area contributed by atoms with Crippen molar-refractivity contribution in [2.45, 2.75) is 32.0 Å². The molecule has 0 spiro atoms. The first kappa shape index (κ1) is 12.7. The Morgan fingerprint density at radius 1 is 1.38 bits per heavy atom. The van der Waals surface area contributed by atoms with Crippen molar-refractivity contribution >= 4 is 0 Å². The predicted octanol–water partition coefficient (Wildman–Crippen LogP) is 1.95. The monoisotopic (exact) mass is 199 g/mol. The topological polar surface area (TPSA) is 21.3 Å². The maximum atomic E-state index is 12.0. The van der Waals surface area contributed by atoms with E-state index in [4.69, 9.17) is 0 Å². The molecule has 0 aliphatic heterocycles. The van der Waals surface area contributed by atoms with Crippen LogP contribution in [0, 0.1) is 0 Å². The van der Waals surface area contributed by atoms with Gasteiger partial charge in [0, 0.05) is 13.2 Å². The van der Waals surface area contributed by atoms with Crippen molar-refractivity contribution < 1.29 is 17.9 Å². The number of alkyl halides is 3. The van der Waals surface area contributed by atoms with Crippen LogP contribution in [0.4, 0.5) is 13.2 Å². The van der Waals surface area contributed by atoms with Gasteiger partial charge >= 0.3 is 6.18 Å². The fraction of sp³-hybridized carbons (Fsp3) is 1.00. The van der Waals surface area contributed by atoms with Crippen molar-refractivity contribution in [3.05, 3.63) is 0 Å². The molecule has 0 aliphatic carbocycles. The highest BCUT2D eigenvalue weighted by atomic mass is 19.4. The van der Waals surface area contributed by atoms with E-state index in [0.717, 1.165) is 6.42 Å². The van der Waals surface area contributed by atoms with Crippen LogP contribution in [-0.4, -0.2) is 32.5 Å². The Kier molecular flexibility index (Phi) is 6.07. The molecule has 5 heteroatoms. The lowest BCUT2D eigenvalue weighted by Gasteiger charge is -2.18. The molecular weight excluding hydrogens is 183 g/mol. The van der Waals surface area contributed by atoms with Crippen molar-refractivity contribution in [3.8, 4) is 0 Å². The lowest BCUT2D eigenvalue weighted by atomic mass is 10.2. The summed E-state index contributed by atoms with van der Waals surface area (Å²) in [6, 6.07) is -0.620. The van der Waals surface area contributed by atoms with Crippen molar-refractivity contribution in [1.29, 1.82) is 0 Å². The third-order valence-corrected chi connectivity index (χ3v) is 1.53. The van der Waals surface area contributed by atoms with Crippen molar-refractivity contribution in [1.82, 2.24) is 5.32 Å². The molecule has 80 valence electrons. The standard InChI is InChI=1S/C8H16F3NO/c1-3-4-12-7(6-13-2)5-8(9,10)11/h7,12H,3-6H2,1-2H3. The second-order valence-corrected chi connectivity index (χ2v) is 2.93. The normalized spacial score (nSPS) is 14.5. The molecule has 0 amide bonds. The molecule has 0 rings (SSSR count). The third kappa shape index (κ3) is 8.05. The van der Waals surface area contributed by atoms with Crippen molar-refractivity contribution in [2.75, 3.05) is 20.3 Å². The summed E-state index contributed by atoms with van der Waals surface area (Å²) in [7, 11) is 1.40. The summed E-state index contributed by atoms with van der Waals surface area (Å²) >= 11 is 0. The number of rotatable bonds is 6. The summed E-state index contributed by atoms with van der Waals surface area (Å²) in [5.41, 5.74) is 0. The molecular formula is C8H16F3NO. The molecule has 1 atom stereocenters. The minimum Gasteiger partial charge on any atom is -0.383 e. The molecule has 0 radical (unpaired) electrons. The van der Waals surface area contributed by atoms with Crippen molar-refractivity contribution in [3.63, 3.8) is 0 Å². The molecule has 0 saturated heterocycles. The minimum absolute atomic E-state index is 0.0967. The van der Waals surface area contributed by atoms with Gasteiger partial charge < -0.3 is 10.1 Å². The fourth-order valence-electron chi connectivity index (χ4n) is 1.02. The first-order chi connectivity index (χ1) is 5.99. The third-order valence-electron chi connectivity index (χ3n) is 1.53. The van der Waals surface area contributed by atoms with Gasteiger partial charge in [0.25, 0.3) is 0 Å². The van der Waals surface area contributed by atoms with Gasteiger partial charge in [0.1, 0.15) is 0 Å². The Bertz CT molecular complexity index is 127. The molecule has 0 aromatic heterocycles. The molecule has 1 unspecified atom stereocenters. The van der Waals surface area contributed by atoms with Gasteiger partial charge in [-0.05, 0) is 13.0 Å². The largest absolute Gasteiger partial charge is 0.390 e. The summed E-state index contributed by atoms with van der Waals surface area (Å²) in [5, 5.41) is 2.78. The van der Waals surface area contributed by atoms with E-state index in [1.807, 2.05) is 6.92 Å². The van der Waals surface area contributed by atoms with E-state index >= 15 is 0 Å². The van der Waals surface area contributed by atoms with Gasteiger partial charge in [-0.25, -0.2) is 0 Å². The molecule has 1 N–H and O–H groups in total. The molecule has 13 heavy (non-hydrogen) atoms. The zero-order valence-electron chi connectivity index (χ0n) is 7.95. The number of nitrogens with one attached hydrogen (secondary N) is 1. The van der Waals surface area contributed by atoms with Crippen LogP contribution in [0.15, 0.2) is 0 Å². The molecule has 0 aliphatic rings. The number of hydrogen-bond donors (Lipinski definition) is 1. The second-order valence-electron chi connectivity index (χ2n) is 2.93. The lowest BCUT2D eigenvalue weighted by molar-refractivity contribution is -0.142. The minimum atomic E-state index is -4.12. The molecule has 0 aromatic carbocycles. The molecule has 0 saturated carbocycles. The van der Waals surface area contributed by atoms with Crippen LogP contribution in [0.3, 0.4) is 0 Å². The molecule has 2 nitrogen and oxygen atoms in total. The van der Waals surface area contributed by atoms with E-state index in [1.165, 1.54) is 7.11 Å². The van der Waals surface area contributed by atoms with E-state index in [1.54, 1.807) is 0 Å². The van der Waals surface area contributed by atoms with Gasteiger partial charge in [-0.1, -0.05) is 6.92 Å². The smallest absolute Gasteiger partial charge is 0.383 e. The van der Waals surface area contributed by atoms with E-state index in [2.05, 4.69) is 10.1 Å². The Balaban J connectivity index is 3.79. The number of methoxy groups -OCH3 is 1. The van der Waals surface area contributed by atoms with E-state index in [9.17, 15) is 13.2 Å². The first-order valence-corrected chi connectivity index (χ1v) is 4.28. The Morgan fingerprint density at radius 3 is 2.38 bits per heavy atom. The SMILES string of the molecule is CCCNC(COC)CC(F)(F)F. The Hall–Kier alpha value is -0.290. The van der Waals surface area contributed by atoms with E-state index < -0.39 is 18.6 Å². The summed E-state index contributed by atoms with van der Waals surface area (Å²) in [4.78, 5) is 0.